The quantitative estimate of drug-likeness (QED) is 0.864. The van der Waals surface area contributed by atoms with Gasteiger partial charge in [0.2, 0.25) is 10.0 Å². The summed E-state index contributed by atoms with van der Waals surface area (Å²) < 4.78 is 26.0. The van der Waals surface area contributed by atoms with E-state index in [1.54, 1.807) is 13.8 Å². The minimum Gasteiger partial charge on any atom is -0.480 e. The zero-order valence-corrected chi connectivity index (χ0v) is 13.3. The molecule has 0 aromatic heterocycles. The minimum absolute atomic E-state index is 0.00749. The highest BCUT2D eigenvalue weighted by Gasteiger charge is 2.31. The molecule has 5 nitrogen and oxygen atoms in total. The van der Waals surface area contributed by atoms with Crippen LogP contribution in [0.4, 0.5) is 0 Å². The Bertz CT molecular complexity index is 603. The Hall–Kier alpha value is -0.820. The molecule has 0 saturated heterocycles. The maximum atomic E-state index is 12.6. The van der Waals surface area contributed by atoms with Gasteiger partial charge < -0.3 is 5.11 Å². The van der Waals surface area contributed by atoms with E-state index in [1.807, 2.05) is 0 Å². The van der Waals surface area contributed by atoms with Crippen molar-refractivity contribution in [1.82, 2.24) is 4.31 Å². The van der Waals surface area contributed by atoms with Crippen molar-refractivity contribution < 1.29 is 18.3 Å². The lowest BCUT2D eigenvalue weighted by Crippen LogP contribution is -2.41. The molecular weight excluding hydrogens is 325 g/mol. The number of hydrogen-bond donors (Lipinski definition) is 1. The van der Waals surface area contributed by atoms with Crippen LogP contribution in [-0.4, -0.2) is 36.4 Å². The predicted molar refractivity (Wildman–Crippen MR) is 77.7 cm³/mol. The third-order valence-corrected chi connectivity index (χ3v) is 5.53. The Morgan fingerprint density at radius 1 is 1.40 bits per heavy atom. The molecule has 8 heteroatoms. The van der Waals surface area contributed by atoms with Gasteiger partial charge in [0.25, 0.3) is 0 Å². The highest BCUT2D eigenvalue weighted by atomic mass is 35.5. The SMILES string of the molecule is CCC(C)N(CC(=O)O)S(=O)(=O)c1cc(Cl)ccc1Cl. The Labute approximate surface area is 128 Å². The van der Waals surface area contributed by atoms with E-state index in [9.17, 15) is 13.2 Å². The Morgan fingerprint density at radius 3 is 2.50 bits per heavy atom. The van der Waals surface area contributed by atoms with Crippen LogP contribution >= 0.6 is 23.2 Å². The number of carbonyl (C=O) groups is 1. The average molecular weight is 340 g/mol. The van der Waals surface area contributed by atoms with E-state index in [0.29, 0.717) is 6.42 Å². The van der Waals surface area contributed by atoms with Gasteiger partial charge in [0.1, 0.15) is 11.4 Å². The molecule has 0 amide bonds. The van der Waals surface area contributed by atoms with Crippen LogP contribution in [0.15, 0.2) is 23.1 Å². The standard InChI is InChI=1S/C12H15Cl2NO4S/c1-3-8(2)15(7-12(16)17)20(18,19)11-6-9(13)4-5-10(11)14/h4-6,8H,3,7H2,1-2H3,(H,16,17). The molecule has 1 aromatic carbocycles. The first-order valence-corrected chi connectivity index (χ1v) is 8.08. The zero-order valence-electron chi connectivity index (χ0n) is 11.0. The maximum absolute atomic E-state index is 12.6. The van der Waals surface area contributed by atoms with Crippen molar-refractivity contribution in [2.75, 3.05) is 6.54 Å². The van der Waals surface area contributed by atoms with Gasteiger partial charge in [-0.3, -0.25) is 4.79 Å². The second-order valence-corrected chi connectivity index (χ2v) is 6.98. The van der Waals surface area contributed by atoms with Crippen LogP contribution in [0.1, 0.15) is 20.3 Å². The fraction of sp³-hybridized carbons (Fsp3) is 0.417. The smallest absolute Gasteiger partial charge is 0.318 e. The number of carboxylic acids is 1. The molecular formula is C12H15Cl2NO4S. The van der Waals surface area contributed by atoms with Gasteiger partial charge >= 0.3 is 5.97 Å². The van der Waals surface area contributed by atoms with E-state index in [2.05, 4.69) is 0 Å². The van der Waals surface area contributed by atoms with Crippen molar-refractivity contribution in [3.05, 3.63) is 28.2 Å². The van der Waals surface area contributed by atoms with Gasteiger partial charge in [-0.2, -0.15) is 4.31 Å². The highest BCUT2D eigenvalue weighted by molar-refractivity contribution is 7.89. The van der Waals surface area contributed by atoms with Crippen LogP contribution in [0.3, 0.4) is 0 Å². The lowest BCUT2D eigenvalue weighted by Gasteiger charge is -2.26. The predicted octanol–water partition coefficient (Wildman–Crippen LogP) is 2.87. The van der Waals surface area contributed by atoms with Gasteiger partial charge in [-0.1, -0.05) is 30.1 Å². The second-order valence-electron chi connectivity index (χ2n) is 4.28. The molecule has 112 valence electrons. The first-order chi connectivity index (χ1) is 9.20. The fourth-order valence-corrected chi connectivity index (χ4v) is 4.01. The normalized spacial score (nSPS) is 13.4. The molecule has 1 N–H and O–H groups in total. The highest BCUT2D eigenvalue weighted by Crippen LogP contribution is 2.29. The molecule has 0 heterocycles. The van der Waals surface area contributed by atoms with Gasteiger partial charge in [-0.05, 0) is 31.5 Å². The van der Waals surface area contributed by atoms with E-state index in [-0.39, 0.29) is 14.9 Å². The summed E-state index contributed by atoms with van der Waals surface area (Å²) in [5, 5.41) is 9.12. The molecule has 0 aliphatic rings. The van der Waals surface area contributed by atoms with Gasteiger partial charge in [0, 0.05) is 11.1 Å². The lowest BCUT2D eigenvalue weighted by atomic mass is 10.2. The van der Waals surface area contributed by atoms with Crippen LogP contribution in [0, 0.1) is 0 Å². The monoisotopic (exact) mass is 339 g/mol. The fourth-order valence-electron chi connectivity index (χ4n) is 1.62. The van der Waals surface area contributed by atoms with Crippen LogP contribution in [0.2, 0.25) is 10.0 Å². The van der Waals surface area contributed by atoms with E-state index in [1.165, 1.54) is 18.2 Å². The molecule has 1 unspecified atom stereocenters. The van der Waals surface area contributed by atoms with Gasteiger partial charge in [0.15, 0.2) is 0 Å². The first kappa shape index (κ1) is 17.2. The van der Waals surface area contributed by atoms with Crippen molar-refractivity contribution in [2.45, 2.75) is 31.2 Å². The molecule has 0 aliphatic heterocycles. The summed E-state index contributed by atoms with van der Waals surface area (Å²) in [6.45, 7) is 2.79. The van der Waals surface area contributed by atoms with E-state index in [4.69, 9.17) is 28.3 Å². The minimum atomic E-state index is -4.02. The number of hydrogen-bond acceptors (Lipinski definition) is 3. The van der Waals surface area contributed by atoms with Crippen molar-refractivity contribution >= 4 is 39.2 Å². The summed E-state index contributed by atoms with van der Waals surface area (Å²) in [7, 11) is -4.02. The summed E-state index contributed by atoms with van der Waals surface area (Å²) in [6, 6.07) is 3.59. The molecule has 0 fully saturated rings. The van der Waals surface area contributed by atoms with Crippen LogP contribution < -0.4 is 0 Å². The van der Waals surface area contributed by atoms with E-state index < -0.39 is 28.6 Å². The second kappa shape index (κ2) is 6.76. The van der Waals surface area contributed by atoms with Gasteiger partial charge in [0.05, 0.1) is 5.02 Å². The zero-order chi connectivity index (χ0) is 15.5. The largest absolute Gasteiger partial charge is 0.480 e. The lowest BCUT2D eigenvalue weighted by molar-refractivity contribution is -0.137. The third-order valence-electron chi connectivity index (χ3n) is 2.85. The van der Waals surface area contributed by atoms with Crippen LogP contribution in [-0.2, 0) is 14.8 Å². The number of rotatable bonds is 6. The molecule has 1 rings (SSSR count). The Balaban J connectivity index is 3.35. The van der Waals surface area contributed by atoms with Gasteiger partial charge in [-0.25, -0.2) is 8.42 Å². The molecule has 0 bridgehead atoms. The molecule has 1 atom stereocenters. The van der Waals surface area contributed by atoms with Gasteiger partial charge in [-0.15, -0.1) is 0 Å². The Morgan fingerprint density at radius 2 is 2.00 bits per heavy atom. The summed E-state index contributed by atoms with van der Waals surface area (Å²) in [5.74, 6) is -1.23. The number of nitrogens with zero attached hydrogens (tertiary/aromatic N) is 1. The number of benzene rings is 1. The van der Waals surface area contributed by atoms with Crippen LogP contribution in [0.5, 0.6) is 0 Å². The van der Waals surface area contributed by atoms with E-state index in [0.717, 1.165) is 4.31 Å². The molecule has 1 aromatic rings. The van der Waals surface area contributed by atoms with Crippen LogP contribution in [0.25, 0.3) is 0 Å². The summed E-state index contributed by atoms with van der Waals surface area (Å²) in [6.07, 6.45) is 0.477. The summed E-state index contributed by atoms with van der Waals surface area (Å²) >= 11 is 11.7. The topological polar surface area (TPSA) is 74.7 Å². The Kier molecular flexibility index (Phi) is 5.82. The number of sulfonamides is 1. The van der Waals surface area contributed by atoms with E-state index >= 15 is 0 Å². The van der Waals surface area contributed by atoms with Crippen molar-refractivity contribution in [3.63, 3.8) is 0 Å². The molecule has 0 aliphatic carbocycles. The first-order valence-electron chi connectivity index (χ1n) is 5.88. The molecule has 0 radical (unpaired) electrons. The number of carboxylic acid groups (broad SMARTS) is 1. The molecule has 0 saturated carbocycles. The van der Waals surface area contributed by atoms with Crippen molar-refractivity contribution in [1.29, 1.82) is 0 Å². The molecule has 0 spiro atoms. The summed E-state index contributed by atoms with van der Waals surface area (Å²) in [5.41, 5.74) is 0. The molecule has 20 heavy (non-hydrogen) atoms. The van der Waals surface area contributed by atoms with Crippen molar-refractivity contribution in [2.24, 2.45) is 0 Å². The number of halogens is 2. The average Bonchev–Trinajstić information content (AvgIpc) is 2.37. The van der Waals surface area contributed by atoms with Crippen molar-refractivity contribution in [3.8, 4) is 0 Å². The third kappa shape index (κ3) is 3.85. The number of aliphatic carboxylic acids is 1. The maximum Gasteiger partial charge on any atom is 0.318 e. The summed E-state index contributed by atoms with van der Waals surface area (Å²) in [4.78, 5) is 10.7.